The summed E-state index contributed by atoms with van der Waals surface area (Å²) in [5.74, 6) is -0.158. The first kappa shape index (κ1) is 38.0. The highest BCUT2D eigenvalue weighted by Crippen LogP contribution is 2.49. The van der Waals surface area contributed by atoms with Crippen molar-refractivity contribution in [1.29, 1.82) is 0 Å². The second-order valence-corrected chi connectivity index (χ2v) is 14.8. The van der Waals surface area contributed by atoms with Crippen LogP contribution in [0, 0.1) is 22.7 Å². The molecule has 41 heavy (non-hydrogen) atoms. The van der Waals surface area contributed by atoms with Gasteiger partial charge in [0.2, 0.25) is 0 Å². The number of unbranched alkanes of at least 4 members (excludes halogenated alkanes) is 15. The van der Waals surface area contributed by atoms with Gasteiger partial charge in [0.15, 0.2) is 6.10 Å². The topological polar surface area (TPSA) is 63.6 Å². The van der Waals surface area contributed by atoms with Crippen LogP contribution in [0.25, 0.3) is 0 Å². The fourth-order valence-corrected chi connectivity index (χ4v) is 7.05. The molecule has 242 valence electrons. The molecule has 0 aliphatic heterocycles. The lowest BCUT2D eigenvalue weighted by Gasteiger charge is -2.44. The summed E-state index contributed by atoms with van der Waals surface area (Å²) in [6.45, 7) is 13.7. The lowest BCUT2D eigenvalue weighted by molar-refractivity contribution is -0.176. The van der Waals surface area contributed by atoms with E-state index in [1.54, 1.807) is 0 Å². The first-order valence-corrected chi connectivity index (χ1v) is 18.0. The van der Waals surface area contributed by atoms with Gasteiger partial charge in [-0.05, 0) is 62.2 Å². The smallest absolute Gasteiger partial charge is 0.345 e. The Balaban J connectivity index is 2.62. The number of hydrogen-bond acceptors (Lipinski definition) is 3. The van der Waals surface area contributed by atoms with Crippen molar-refractivity contribution in [2.75, 3.05) is 0 Å². The van der Waals surface area contributed by atoms with Gasteiger partial charge < -0.3 is 9.84 Å². The van der Waals surface area contributed by atoms with Gasteiger partial charge in [-0.3, -0.25) is 4.79 Å². The Hall–Kier alpha value is -1.06. The summed E-state index contributed by atoms with van der Waals surface area (Å²) in [5.41, 5.74) is -0.286. The number of hydrogen-bond donors (Lipinski definition) is 1. The van der Waals surface area contributed by atoms with Crippen LogP contribution in [-0.2, 0) is 14.3 Å². The third-order valence-corrected chi connectivity index (χ3v) is 9.98. The highest BCUT2D eigenvalue weighted by molar-refractivity contribution is 5.81. The maximum Gasteiger partial charge on any atom is 0.345 e. The van der Waals surface area contributed by atoms with Crippen molar-refractivity contribution in [2.24, 2.45) is 22.7 Å². The van der Waals surface area contributed by atoms with E-state index in [2.05, 4.69) is 41.5 Å². The van der Waals surface area contributed by atoms with Crippen molar-refractivity contribution in [2.45, 2.75) is 202 Å². The first-order valence-electron chi connectivity index (χ1n) is 18.0. The average Bonchev–Trinajstić information content (AvgIpc) is 2.92. The maximum atomic E-state index is 13.8. The van der Waals surface area contributed by atoms with E-state index in [0.717, 1.165) is 57.8 Å². The Kier molecular flexibility index (Phi) is 20.0. The van der Waals surface area contributed by atoms with Crippen LogP contribution < -0.4 is 0 Å². The van der Waals surface area contributed by atoms with Crippen molar-refractivity contribution in [3.05, 3.63) is 0 Å². The van der Waals surface area contributed by atoms with E-state index < -0.39 is 17.5 Å². The molecule has 1 rings (SSSR count). The standard InChI is InChI=1S/C37H70O4/c1-7-9-11-13-15-16-17-19-20-22-24-31(3)30-37(28-26-32(27-29-37)36(4,5)6)35(40)41-33(34(38)39)25-23-21-18-14-12-10-8-2/h31-33H,7-30H2,1-6H3,(H,38,39). The fourth-order valence-electron chi connectivity index (χ4n) is 7.05. The third kappa shape index (κ3) is 16.4. The summed E-state index contributed by atoms with van der Waals surface area (Å²) in [6, 6.07) is 0. The lowest BCUT2D eigenvalue weighted by atomic mass is 9.61. The summed E-state index contributed by atoms with van der Waals surface area (Å²) >= 11 is 0. The molecule has 0 aromatic carbocycles. The Labute approximate surface area is 255 Å². The molecule has 0 saturated heterocycles. The van der Waals surface area contributed by atoms with Crippen LogP contribution in [0.1, 0.15) is 196 Å². The van der Waals surface area contributed by atoms with Gasteiger partial charge in [0.1, 0.15) is 0 Å². The van der Waals surface area contributed by atoms with Crippen molar-refractivity contribution in [3.63, 3.8) is 0 Å². The molecular formula is C37H70O4. The van der Waals surface area contributed by atoms with Gasteiger partial charge in [0.05, 0.1) is 5.41 Å². The first-order chi connectivity index (χ1) is 19.6. The molecular weight excluding hydrogens is 508 g/mol. The van der Waals surface area contributed by atoms with Crippen molar-refractivity contribution < 1.29 is 19.4 Å². The molecule has 0 aromatic rings. The highest BCUT2D eigenvalue weighted by Gasteiger charge is 2.46. The summed E-state index contributed by atoms with van der Waals surface area (Å²) in [6.07, 6.45) is 26.4. The lowest BCUT2D eigenvalue weighted by Crippen LogP contribution is -2.43. The molecule has 0 radical (unpaired) electrons. The van der Waals surface area contributed by atoms with Crippen molar-refractivity contribution in [1.82, 2.24) is 0 Å². The second-order valence-electron chi connectivity index (χ2n) is 14.8. The number of carbonyl (C=O) groups excluding carboxylic acids is 1. The SMILES string of the molecule is CCCCCCCCCCCCC(C)CC1(C(=O)OC(CCCCCCCCC)C(=O)O)CCC(C(C)(C)C)CC1. The summed E-state index contributed by atoms with van der Waals surface area (Å²) in [7, 11) is 0. The van der Waals surface area contributed by atoms with Crippen LogP contribution >= 0.6 is 0 Å². The molecule has 1 aliphatic rings. The van der Waals surface area contributed by atoms with E-state index in [1.165, 1.54) is 89.9 Å². The molecule has 4 nitrogen and oxygen atoms in total. The maximum absolute atomic E-state index is 13.8. The van der Waals surface area contributed by atoms with E-state index in [0.29, 0.717) is 18.3 Å². The minimum Gasteiger partial charge on any atom is -0.479 e. The predicted octanol–water partition coefficient (Wildman–Crippen LogP) is 11.7. The molecule has 2 atom stereocenters. The largest absolute Gasteiger partial charge is 0.479 e. The van der Waals surface area contributed by atoms with Crippen molar-refractivity contribution >= 4 is 11.9 Å². The minimum absolute atomic E-state index is 0.227. The monoisotopic (exact) mass is 579 g/mol. The molecule has 0 bridgehead atoms. The van der Waals surface area contributed by atoms with Crippen LogP contribution in [0.15, 0.2) is 0 Å². The Morgan fingerprint density at radius 2 is 1.15 bits per heavy atom. The molecule has 1 N–H and O–H groups in total. The van der Waals surface area contributed by atoms with Gasteiger partial charge in [-0.25, -0.2) is 4.79 Å². The van der Waals surface area contributed by atoms with Crippen molar-refractivity contribution in [3.8, 4) is 0 Å². The summed E-state index contributed by atoms with van der Waals surface area (Å²) in [5, 5.41) is 9.89. The van der Waals surface area contributed by atoms with Gasteiger partial charge in [-0.15, -0.1) is 0 Å². The van der Waals surface area contributed by atoms with Crippen LogP contribution in [0.4, 0.5) is 0 Å². The van der Waals surface area contributed by atoms with Gasteiger partial charge in [0, 0.05) is 0 Å². The quantitative estimate of drug-likeness (QED) is 0.0913. The Morgan fingerprint density at radius 3 is 1.56 bits per heavy atom. The fraction of sp³-hybridized carbons (Fsp3) is 0.946. The minimum atomic E-state index is -1.01. The number of aliphatic carboxylic acids is 1. The number of rotatable bonds is 24. The number of carboxylic acid groups (broad SMARTS) is 1. The molecule has 1 fully saturated rings. The van der Waals surface area contributed by atoms with E-state index in [9.17, 15) is 14.7 Å². The van der Waals surface area contributed by atoms with E-state index >= 15 is 0 Å². The number of ether oxygens (including phenoxy) is 1. The summed E-state index contributed by atoms with van der Waals surface area (Å²) in [4.78, 5) is 25.9. The third-order valence-electron chi connectivity index (χ3n) is 9.98. The number of carbonyl (C=O) groups is 2. The molecule has 0 aromatic heterocycles. The highest BCUT2D eigenvalue weighted by atomic mass is 16.6. The molecule has 2 unspecified atom stereocenters. The molecule has 4 heteroatoms. The zero-order chi connectivity index (χ0) is 30.6. The Morgan fingerprint density at radius 1 is 0.732 bits per heavy atom. The van der Waals surface area contributed by atoms with Crippen LogP contribution in [0.3, 0.4) is 0 Å². The zero-order valence-electron chi connectivity index (χ0n) is 28.4. The van der Waals surface area contributed by atoms with Crippen LogP contribution in [0.5, 0.6) is 0 Å². The normalized spacial score (nSPS) is 21.0. The molecule has 1 aliphatic carbocycles. The van der Waals surface area contributed by atoms with Gasteiger partial charge in [0.25, 0.3) is 0 Å². The number of esters is 1. The van der Waals surface area contributed by atoms with E-state index in [-0.39, 0.29) is 11.4 Å². The van der Waals surface area contributed by atoms with Gasteiger partial charge in [-0.1, -0.05) is 151 Å². The van der Waals surface area contributed by atoms with Gasteiger partial charge >= 0.3 is 11.9 Å². The Bertz CT molecular complexity index is 671. The van der Waals surface area contributed by atoms with E-state index in [1.807, 2.05) is 0 Å². The zero-order valence-corrected chi connectivity index (χ0v) is 28.4. The molecule has 1 saturated carbocycles. The number of carboxylic acids is 1. The molecule has 0 heterocycles. The average molecular weight is 579 g/mol. The summed E-state index contributed by atoms with van der Waals surface area (Å²) < 4.78 is 5.89. The van der Waals surface area contributed by atoms with Crippen LogP contribution in [-0.4, -0.2) is 23.1 Å². The van der Waals surface area contributed by atoms with Crippen LogP contribution in [0.2, 0.25) is 0 Å². The predicted molar refractivity (Wildman–Crippen MR) is 174 cm³/mol. The second kappa shape index (κ2) is 21.6. The van der Waals surface area contributed by atoms with E-state index in [4.69, 9.17) is 4.74 Å². The van der Waals surface area contributed by atoms with Gasteiger partial charge in [-0.2, -0.15) is 0 Å². The molecule has 0 spiro atoms. The molecule has 0 amide bonds.